The van der Waals surface area contributed by atoms with Gasteiger partial charge in [0.15, 0.2) is 0 Å². The van der Waals surface area contributed by atoms with Crippen LogP contribution in [0.4, 0.5) is 0 Å². The largest absolute Gasteiger partial charge is 0.0881 e. The molecule has 2 rings (SSSR count). The summed E-state index contributed by atoms with van der Waals surface area (Å²) in [6.45, 7) is 13.8. The lowest BCUT2D eigenvalue weighted by atomic mass is 9.77. The van der Waals surface area contributed by atoms with Gasteiger partial charge in [-0.2, -0.15) is 0 Å². The molecule has 0 bridgehead atoms. The van der Waals surface area contributed by atoms with Gasteiger partial charge in [0.1, 0.15) is 0 Å². The Labute approximate surface area is 134 Å². The minimum absolute atomic E-state index is 0.128. The summed E-state index contributed by atoms with van der Waals surface area (Å²) in [6.07, 6.45) is 1.17. The first-order valence-electron chi connectivity index (χ1n) is 6.96. The molecule has 0 amide bonds. The van der Waals surface area contributed by atoms with Crippen molar-refractivity contribution >= 4 is 31.9 Å². The molecule has 1 aromatic carbocycles. The van der Waals surface area contributed by atoms with E-state index in [1.807, 2.05) is 0 Å². The van der Waals surface area contributed by atoms with E-state index in [2.05, 4.69) is 91.6 Å². The fraction of sp³-hybridized carbons (Fsp3) is 0.647. The molecule has 2 heteroatoms. The topological polar surface area (TPSA) is 0 Å². The van der Waals surface area contributed by atoms with Crippen molar-refractivity contribution in [2.45, 2.75) is 67.9 Å². The normalized spacial score (nSPS) is 22.4. The van der Waals surface area contributed by atoms with Gasteiger partial charge in [0.2, 0.25) is 0 Å². The fourth-order valence-corrected chi connectivity index (χ4v) is 3.67. The monoisotopic (exact) mass is 386 g/mol. The van der Waals surface area contributed by atoms with Crippen LogP contribution in [-0.2, 0) is 10.8 Å². The zero-order valence-corrected chi connectivity index (χ0v) is 15.9. The van der Waals surface area contributed by atoms with Crippen molar-refractivity contribution in [1.29, 1.82) is 0 Å². The van der Waals surface area contributed by atoms with Gasteiger partial charge in [0.25, 0.3) is 0 Å². The molecule has 0 spiro atoms. The number of alkyl halides is 2. The Kier molecular flexibility index (Phi) is 3.76. The van der Waals surface area contributed by atoms with E-state index in [0.29, 0.717) is 5.92 Å². The predicted octanol–water partition coefficient (Wildman–Crippen LogP) is 6.26. The van der Waals surface area contributed by atoms with Crippen LogP contribution in [-0.4, -0.2) is 3.23 Å². The molecule has 0 saturated heterocycles. The van der Waals surface area contributed by atoms with Gasteiger partial charge in [-0.05, 0) is 33.9 Å². The Morgan fingerprint density at radius 3 is 1.89 bits per heavy atom. The van der Waals surface area contributed by atoms with Crippen LogP contribution in [0.15, 0.2) is 18.2 Å². The lowest BCUT2D eigenvalue weighted by molar-refractivity contribution is 0.563. The summed E-state index contributed by atoms with van der Waals surface area (Å²) in [6, 6.07) is 7.07. The van der Waals surface area contributed by atoms with Gasteiger partial charge in [0.05, 0.1) is 3.23 Å². The lowest BCUT2D eigenvalue weighted by Crippen LogP contribution is -2.18. The smallest absolute Gasteiger partial charge is 0.0720 e. The number of hydrogen-bond acceptors (Lipinski definition) is 0. The maximum atomic E-state index is 3.76. The summed E-state index contributed by atoms with van der Waals surface area (Å²) in [5.41, 5.74) is 4.81. The van der Waals surface area contributed by atoms with Crippen LogP contribution in [0.3, 0.4) is 0 Å². The zero-order valence-electron chi connectivity index (χ0n) is 12.8. The van der Waals surface area contributed by atoms with Crippen molar-refractivity contribution in [2.24, 2.45) is 0 Å². The zero-order chi connectivity index (χ0) is 14.6. The Bertz CT molecular complexity index is 487. The molecule has 0 heterocycles. The Balaban J connectivity index is 2.51. The molecule has 0 radical (unpaired) electrons. The standard InChI is InChI=1S/C17H24Br2/c1-15(2,3)11-7-8-12(14-10-17(14,18)19)13(9-11)16(4,5)6/h7-9,14H,10H2,1-6H3. The van der Waals surface area contributed by atoms with Crippen molar-refractivity contribution in [3.8, 4) is 0 Å². The van der Waals surface area contributed by atoms with Crippen LogP contribution >= 0.6 is 31.9 Å². The molecule has 1 unspecified atom stereocenters. The molecular weight excluding hydrogens is 364 g/mol. The van der Waals surface area contributed by atoms with Crippen LogP contribution < -0.4 is 0 Å². The molecule has 1 atom stereocenters. The van der Waals surface area contributed by atoms with E-state index in [0.717, 1.165) is 0 Å². The van der Waals surface area contributed by atoms with Crippen LogP contribution in [0, 0.1) is 0 Å². The van der Waals surface area contributed by atoms with E-state index in [9.17, 15) is 0 Å². The minimum atomic E-state index is 0.128. The Morgan fingerprint density at radius 1 is 1.00 bits per heavy atom. The summed E-state index contributed by atoms with van der Waals surface area (Å²) in [5.74, 6) is 0.593. The second kappa shape index (κ2) is 4.59. The number of rotatable bonds is 1. The molecule has 0 N–H and O–H groups in total. The van der Waals surface area contributed by atoms with Crippen molar-refractivity contribution in [2.75, 3.05) is 0 Å². The van der Waals surface area contributed by atoms with Crippen LogP contribution in [0.2, 0.25) is 0 Å². The first kappa shape index (κ1) is 15.6. The molecular formula is C17H24Br2. The number of benzene rings is 1. The van der Waals surface area contributed by atoms with E-state index in [1.165, 1.54) is 23.1 Å². The second-order valence-electron chi connectivity index (χ2n) is 7.82. The van der Waals surface area contributed by atoms with Crippen LogP contribution in [0.5, 0.6) is 0 Å². The molecule has 0 nitrogen and oxygen atoms in total. The van der Waals surface area contributed by atoms with Crippen LogP contribution in [0.25, 0.3) is 0 Å². The van der Waals surface area contributed by atoms with E-state index in [1.54, 1.807) is 0 Å². The summed E-state index contributed by atoms with van der Waals surface area (Å²) < 4.78 is 0.128. The highest BCUT2D eigenvalue weighted by molar-refractivity contribution is 9.25. The van der Waals surface area contributed by atoms with Crippen molar-refractivity contribution in [3.05, 3.63) is 34.9 Å². The summed E-state index contributed by atoms with van der Waals surface area (Å²) in [7, 11) is 0. The number of hydrogen-bond donors (Lipinski definition) is 0. The highest BCUT2D eigenvalue weighted by Crippen LogP contribution is 2.63. The highest BCUT2D eigenvalue weighted by Gasteiger charge is 2.52. The van der Waals surface area contributed by atoms with E-state index in [4.69, 9.17) is 0 Å². The SMILES string of the molecule is CC(C)(C)c1ccc(C2CC2(Br)Br)c(C(C)(C)C)c1. The van der Waals surface area contributed by atoms with Crippen molar-refractivity contribution in [1.82, 2.24) is 0 Å². The number of halogens is 2. The average Bonchev–Trinajstić information content (AvgIpc) is 2.84. The summed E-state index contributed by atoms with van der Waals surface area (Å²) in [4.78, 5) is 0. The first-order chi connectivity index (χ1) is 8.43. The third kappa shape index (κ3) is 3.26. The average molecular weight is 388 g/mol. The van der Waals surface area contributed by atoms with Gasteiger partial charge in [-0.25, -0.2) is 0 Å². The molecule has 1 aliphatic carbocycles. The Morgan fingerprint density at radius 2 is 1.53 bits per heavy atom. The summed E-state index contributed by atoms with van der Waals surface area (Å²) in [5, 5.41) is 0. The third-order valence-electron chi connectivity index (χ3n) is 3.93. The predicted molar refractivity (Wildman–Crippen MR) is 91.8 cm³/mol. The fourth-order valence-electron chi connectivity index (χ4n) is 2.53. The van der Waals surface area contributed by atoms with E-state index < -0.39 is 0 Å². The Hall–Kier alpha value is 0.180. The molecule has 1 aliphatic rings. The highest BCUT2D eigenvalue weighted by atomic mass is 79.9. The van der Waals surface area contributed by atoms with Crippen molar-refractivity contribution in [3.63, 3.8) is 0 Å². The van der Waals surface area contributed by atoms with Gasteiger partial charge in [0, 0.05) is 5.92 Å². The molecule has 1 saturated carbocycles. The van der Waals surface area contributed by atoms with Crippen LogP contribution in [0.1, 0.15) is 70.6 Å². The van der Waals surface area contributed by atoms with Gasteiger partial charge in [-0.15, -0.1) is 0 Å². The van der Waals surface area contributed by atoms with E-state index >= 15 is 0 Å². The molecule has 0 aliphatic heterocycles. The van der Waals surface area contributed by atoms with Gasteiger partial charge < -0.3 is 0 Å². The molecule has 1 aromatic rings. The maximum absolute atomic E-state index is 3.76. The van der Waals surface area contributed by atoms with Gasteiger partial charge in [-0.1, -0.05) is 91.6 Å². The third-order valence-corrected chi connectivity index (χ3v) is 5.68. The van der Waals surface area contributed by atoms with Crippen molar-refractivity contribution < 1.29 is 0 Å². The summed E-state index contributed by atoms with van der Waals surface area (Å²) >= 11 is 7.53. The quantitative estimate of drug-likeness (QED) is 0.499. The van der Waals surface area contributed by atoms with E-state index in [-0.39, 0.29) is 14.1 Å². The maximum Gasteiger partial charge on any atom is 0.0881 e. The molecule has 106 valence electrons. The molecule has 0 aromatic heterocycles. The van der Waals surface area contributed by atoms with Gasteiger partial charge >= 0.3 is 0 Å². The minimum Gasteiger partial charge on any atom is -0.0720 e. The van der Waals surface area contributed by atoms with Gasteiger partial charge in [-0.3, -0.25) is 0 Å². The first-order valence-corrected chi connectivity index (χ1v) is 8.54. The molecule has 19 heavy (non-hydrogen) atoms. The second-order valence-corrected chi connectivity index (χ2v) is 11.7. The lowest BCUT2D eigenvalue weighted by Gasteiger charge is -2.28. The molecule has 1 fully saturated rings.